The van der Waals surface area contributed by atoms with Crippen molar-refractivity contribution in [1.29, 1.82) is 0 Å². The number of halogens is 1. The normalized spacial score (nSPS) is 17.8. The van der Waals surface area contributed by atoms with Crippen LogP contribution in [0.5, 0.6) is 0 Å². The van der Waals surface area contributed by atoms with Crippen LogP contribution in [0.4, 0.5) is 4.39 Å². The summed E-state index contributed by atoms with van der Waals surface area (Å²) in [6, 6.07) is 9.73. The van der Waals surface area contributed by atoms with Gasteiger partial charge in [-0.3, -0.25) is 19.9 Å². The Morgan fingerprint density at radius 2 is 1.85 bits per heavy atom. The number of aryl methyl sites for hydroxylation is 1. The number of rotatable bonds is 5. The van der Waals surface area contributed by atoms with Gasteiger partial charge in [0, 0.05) is 50.5 Å². The summed E-state index contributed by atoms with van der Waals surface area (Å²) < 4.78 is 19.2. The van der Waals surface area contributed by atoms with Crippen LogP contribution in [-0.4, -0.2) is 80.4 Å². The van der Waals surface area contributed by atoms with Crippen LogP contribution in [0.2, 0.25) is 0 Å². The first-order valence-corrected chi connectivity index (χ1v) is 11.6. The maximum atomic E-state index is 13.7. The van der Waals surface area contributed by atoms with E-state index < -0.39 is 0 Å². The maximum Gasteiger partial charge on any atom is 0.144 e. The summed E-state index contributed by atoms with van der Waals surface area (Å²) >= 11 is 0. The van der Waals surface area contributed by atoms with E-state index in [2.05, 4.69) is 36.0 Å². The van der Waals surface area contributed by atoms with E-state index in [1.54, 1.807) is 19.2 Å². The Bertz CT molecular complexity index is 1330. The van der Waals surface area contributed by atoms with Crippen LogP contribution < -0.4 is 0 Å². The Balaban J connectivity index is 1.21. The molecule has 6 rings (SSSR count). The molecule has 2 saturated heterocycles. The molecule has 34 heavy (non-hydrogen) atoms. The van der Waals surface area contributed by atoms with Crippen molar-refractivity contribution in [3.8, 4) is 22.6 Å². The molecule has 0 radical (unpaired) electrons. The van der Waals surface area contributed by atoms with E-state index >= 15 is 0 Å². The number of fused-ring (bicyclic) bond motifs is 1. The van der Waals surface area contributed by atoms with Gasteiger partial charge < -0.3 is 4.74 Å². The van der Waals surface area contributed by atoms with Gasteiger partial charge in [0.05, 0.1) is 53.2 Å². The smallest absolute Gasteiger partial charge is 0.144 e. The van der Waals surface area contributed by atoms with E-state index in [1.165, 1.54) is 6.07 Å². The zero-order chi connectivity index (χ0) is 23.1. The number of likely N-dealkylation sites (tertiary alicyclic amines) is 1. The van der Waals surface area contributed by atoms with Gasteiger partial charge in [-0.05, 0) is 42.8 Å². The van der Waals surface area contributed by atoms with Gasteiger partial charge in [-0.1, -0.05) is 0 Å². The van der Waals surface area contributed by atoms with Crippen molar-refractivity contribution in [3.63, 3.8) is 0 Å². The molecule has 2 fully saturated rings. The lowest BCUT2D eigenvalue weighted by Crippen LogP contribution is -2.60. The number of H-pyrrole nitrogens is 1. The van der Waals surface area contributed by atoms with Crippen molar-refractivity contribution >= 4 is 11.0 Å². The largest absolute Gasteiger partial charge is 0.379 e. The summed E-state index contributed by atoms with van der Waals surface area (Å²) in [5, 5.41) is 7.19. The van der Waals surface area contributed by atoms with Crippen molar-refractivity contribution in [3.05, 3.63) is 59.8 Å². The van der Waals surface area contributed by atoms with Crippen LogP contribution in [0.25, 0.3) is 33.7 Å². The third-order valence-corrected chi connectivity index (χ3v) is 6.69. The van der Waals surface area contributed by atoms with E-state index in [0.29, 0.717) is 23.1 Å². The van der Waals surface area contributed by atoms with Crippen molar-refractivity contribution in [2.45, 2.75) is 19.5 Å². The molecule has 4 aromatic rings. The number of aromatic nitrogens is 5. The zero-order valence-electron chi connectivity index (χ0n) is 19.0. The molecule has 2 aliphatic rings. The molecule has 0 unspecified atom stereocenters. The summed E-state index contributed by atoms with van der Waals surface area (Å²) in [6.45, 7) is 8.42. The van der Waals surface area contributed by atoms with E-state index in [0.717, 1.165) is 73.8 Å². The molecule has 0 aromatic carbocycles. The number of hydrogen-bond donors (Lipinski definition) is 1. The number of ether oxygens (including phenoxy) is 1. The van der Waals surface area contributed by atoms with Crippen molar-refractivity contribution in [2.24, 2.45) is 0 Å². The molecule has 2 aliphatic heterocycles. The molecular formula is C25H26FN7O. The molecule has 0 amide bonds. The standard InChI is InChI=1S/C25H26FN7O/c1-16-20(26)2-3-23(29-16)25-19(12-28-31-25)21-4-5-22-24(30-21)10-17(11-27-22)13-32-14-18(15-32)33-6-8-34-9-7-33/h2-5,10-12,18H,6-9,13-15H2,1H3,(H,28,31). The van der Waals surface area contributed by atoms with Gasteiger partial charge in [0.2, 0.25) is 0 Å². The molecule has 9 heteroatoms. The SMILES string of the molecule is Cc1nc(-c2[nH]ncc2-c2ccc3ncc(CN4CC(N5CCOCC5)C4)cc3n2)ccc1F. The third-order valence-electron chi connectivity index (χ3n) is 6.69. The Kier molecular flexibility index (Phi) is 5.52. The van der Waals surface area contributed by atoms with Crippen LogP contribution in [0.1, 0.15) is 11.3 Å². The first-order chi connectivity index (χ1) is 16.6. The number of nitrogens with zero attached hydrogens (tertiary/aromatic N) is 6. The van der Waals surface area contributed by atoms with Crippen LogP contribution in [0, 0.1) is 12.7 Å². The number of nitrogens with one attached hydrogen (secondary N) is 1. The van der Waals surface area contributed by atoms with Gasteiger partial charge in [-0.2, -0.15) is 5.10 Å². The number of aromatic amines is 1. The highest BCUT2D eigenvalue weighted by Gasteiger charge is 2.32. The van der Waals surface area contributed by atoms with Gasteiger partial charge in [0.15, 0.2) is 0 Å². The number of pyridine rings is 3. The predicted octanol–water partition coefficient (Wildman–Crippen LogP) is 3.05. The van der Waals surface area contributed by atoms with Gasteiger partial charge in [0.25, 0.3) is 0 Å². The summed E-state index contributed by atoms with van der Waals surface area (Å²) in [7, 11) is 0. The van der Waals surface area contributed by atoms with E-state index in [4.69, 9.17) is 9.72 Å². The lowest BCUT2D eigenvalue weighted by molar-refractivity contribution is -0.0344. The first-order valence-electron chi connectivity index (χ1n) is 11.6. The summed E-state index contributed by atoms with van der Waals surface area (Å²) in [5.74, 6) is -0.328. The minimum absolute atomic E-state index is 0.328. The van der Waals surface area contributed by atoms with E-state index in [-0.39, 0.29) is 5.82 Å². The monoisotopic (exact) mass is 459 g/mol. The number of morpholine rings is 1. The molecule has 1 N–H and O–H groups in total. The molecule has 0 atom stereocenters. The zero-order valence-corrected chi connectivity index (χ0v) is 19.0. The highest BCUT2D eigenvalue weighted by molar-refractivity contribution is 5.82. The summed E-state index contributed by atoms with van der Waals surface area (Å²) in [6.07, 6.45) is 3.67. The van der Waals surface area contributed by atoms with Gasteiger partial charge in [-0.25, -0.2) is 14.4 Å². The quantitative estimate of drug-likeness (QED) is 0.491. The van der Waals surface area contributed by atoms with E-state index in [1.807, 2.05) is 18.3 Å². The van der Waals surface area contributed by atoms with Crippen LogP contribution in [-0.2, 0) is 11.3 Å². The number of hydrogen-bond acceptors (Lipinski definition) is 7. The molecule has 0 saturated carbocycles. The van der Waals surface area contributed by atoms with E-state index in [9.17, 15) is 4.39 Å². The van der Waals surface area contributed by atoms with Gasteiger partial charge in [0.1, 0.15) is 5.82 Å². The first kappa shape index (κ1) is 21.3. The second-order valence-electron chi connectivity index (χ2n) is 9.00. The second-order valence-corrected chi connectivity index (χ2v) is 9.00. The fraction of sp³-hybridized carbons (Fsp3) is 0.360. The highest BCUT2D eigenvalue weighted by Crippen LogP contribution is 2.29. The Hall–Kier alpha value is -3.27. The lowest BCUT2D eigenvalue weighted by Gasteiger charge is -2.46. The molecule has 174 valence electrons. The average Bonchev–Trinajstić information content (AvgIpc) is 3.33. The maximum absolute atomic E-state index is 13.7. The predicted molar refractivity (Wildman–Crippen MR) is 127 cm³/mol. The minimum atomic E-state index is -0.328. The van der Waals surface area contributed by atoms with Crippen LogP contribution >= 0.6 is 0 Å². The molecule has 0 bridgehead atoms. The molecule has 8 nitrogen and oxygen atoms in total. The molecule has 0 spiro atoms. The highest BCUT2D eigenvalue weighted by atomic mass is 19.1. The topological polar surface area (TPSA) is 83.1 Å². The second kappa shape index (κ2) is 8.83. The Morgan fingerprint density at radius 3 is 2.68 bits per heavy atom. The van der Waals surface area contributed by atoms with Crippen molar-refractivity contribution in [1.82, 2.24) is 34.9 Å². The Morgan fingerprint density at radius 1 is 1.03 bits per heavy atom. The Labute approximate surface area is 196 Å². The summed E-state index contributed by atoms with van der Waals surface area (Å²) in [5.41, 5.74) is 6.14. The lowest BCUT2D eigenvalue weighted by atomic mass is 10.1. The fourth-order valence-corrected chi connectivity index (χ4v) is 4.75. The molecule has 0 aliphatic carbocycles. The van der Waals surface area contributed by atoms with Gasteiger partial charge >= 0.3 is 0 Å². The molecular weight excluding hydrogens is 433 g/mol. The minimum Gasteiger partial charge on any atom is -0.379 e. The average molecular weight is 460 g/mol. The van der Waals surface area contributed by atoms with Crippen molar-refractivity contribution in [2.75, 3.05) is 39.4 Å². The van der Waals surface area contributed by atoms with Gasteiger partial charge in [-0.15, -0.1) is 0 Å². The molecule has 4 aromatic heterocycles. The van der Waals surface area contributed by atoms with Crippen LogP contribution in [0.3, 0.4) is 0 Å². The third kappa shape index (κ3) is 4.06. The fourth-order valence-electron chi connectivity index (χ4n) is 4.75. The molecule has 6 heterocycles. The van der Waals surface area contributed by atoms with Crippen molar-refractivity contribution < 1.29 is 9.13 Å². The summed E-state index contributed by atoms with van der Waals surface area (Å²) in [4.78, 5) is 18.9. The van der Waals surface area contributed by atoms with Crippen LogP contribution in [0.15, 0.2) is 42.7 Å².